The summed E-state index contributed by atoms with van der Waals surface area (Å²) in [5.74, 6) is -9.39. The van der Waals surface area contributed by atoms with Crippen LogP contribution in [0.4, 0.5) is 18.9 Å². The number of aliphatic carboxylic acids is 2. The SMILES string of the molecule is N=C(N)c1ccc(CC(C(=O)Nc2ccccc2)C(=O)N[C@@H](CC(=O)O)C(=O)N[C@@H](CCCN=C(N)N)C(N)=O)cc1.O=C(O)C(F)(F)F. The van der Waals surface area contributed by atoms with E-state index in [9.17, 15) is 42.3 Å². The molecule has 1 unspecified atom stereocenters. The molecular weight excluding hydrogens is 659 g/mol. The molecule has 0 aliphatic rings. The first-order chi connectivity index (χ1) is 22.8. The van der Waals surface area contributed by atoms with E-state index in [1.54, 1.807) is 54.6 Å². The fourth-order valence-corrected chi connectivity index (χ4v) is 3.83. The molecule has 0 bridgehead atoms. The third kappa shape index (κ3) is 15.8. The molecule has 0 aliphatic carbocycles. The van der Waals surface area contributed by atoms with Crippen LogP contribution in [0.3, 0.4) is 0 Å². The summed E-state index contributed by atoms with van der Waals surface area (Å²) in [7, 11) is 0. The normalized spacial score (nSPS) is 12.4. The highest BCUT2D eigenvalue weighted by Gasteiger charge is 2.38. The molecule has 0 saturated carbocycles. The minimum Gasteiger partial charge on any atom is -0.481 e. The van der Waals surface area contributed by atoms with Gasteiger partial charge < -0.3 is 49.1 Å². The van der Waals surface area contributed by atoms with E-state index in [4.69, 9.17) is 38.2 Å². The minimum absolute atomic E-state index is 0.0456. The third-order valence-corrected chi connectivity index (χ3v) is 6.24. The van der Waals surface area contributed by atoms with Crippen molar-refractivity contribution in [2.75, 3.05) is 11.9 Å². The van der Waals surface area contributed by atoms with Gasteiger partial charge in [0, 0.05) is 17.8 Å². The Morgan fingerprint density at radius 3 is 1.84 bits per heavy atom. The zero-order valence-electron chi connectivity index (χ0n) is 25.7. The molecule has 0 saturated heterocycles. The summed E-state index contributed by atoms with van der Waals surface area (Å²) in [5, 5.41) is 31.4. The molecule has 17 nitrogen and oxygen atoms in total. The van der Waals surface area contributed by atoms with Gasteiger partial charge in [-0.05, 0) is 37.0 Å². The number of hydrogen-bond acceptors (Lipinski definition) is 8. The lowest BCUT2D eigenvalue weighted by Crippen LogP contribution is -2.55. The van der Waals surface area contributed by atoms with E-state index < -0.39 is 66.2 Å². The Hall–Kier alpha value is -6.21. The number of nitrogen functional groups attached to an aromatic ring is 1. The van der Waals surface area contributed by atoms with Crippen molar-refractivity contribution in [1.29, 1.82) is 5.41 Å². The largest absolute Gasteiger partial charge is 0.490 e. The van der Waals surface area contributed by atoms with E-state index in [2.05, 4.69) is 20.9 Å². The Bertz CT molecular complexity index is 1520. The van der Waals surface area contributed by atoms with Crippen LogP contribution in [0.5, 0.6) is 0 Å². The number of hydrogen-bond donors (Lipinski definition) is 10. The number of nitrogens with one attached hydrogen (secondary N) is 4. The Morgan fingerprint density at radius 2 is 1.37 bits per heavy atom. The van der Waals surface area contributed by atoms with Crippen molar-refractivity contribution in [1.82, 2.24) is 10.6 Å². The highest BCUT2D eigenvalue weighted by Crippen LogP contribution is 2.16. The number of carbonyl (C=O) groups excluding carboxylic acids is 4. The van der Waals surface area contributed by atoms with Crippen molar-refractivity contribution in [3.8, 4) is 0 Å². The Kier molecular flexibility index (Phi) is 16.2. The number of nitrogens with two attached hydrogens (primary N) is 4. The number of anilines is 1. The van der Waals surface area contributed by atoms with Crippen molar-refractivity contribution in [3.05, 3.63) is 65.7 Å². The fraction of sp³-hybridized carbons (Fsp3) is 0.310. The average molecular weight is 696 g/mol. The predicted octanol–water partition coefficient (Wildman–Crippen LogP) is -0.615. The number of alkyl halides is 3. The molecule has 14 N–H and O–H groups in total. The number of rotatable bonds is 16. The number of halogens is 3. The second-order valence-corrected chi connectivity index (χ2v) is 10.1. The second kappa shape index (κ2) is 19.5. The van der Waals surface area contributed by atoms with Crippen LogP contribution >= 0.6 is 0 Å². The standard InChI is InChI=1S/C27H35N9O6.C2HF3O2/c28-22(29)16-10-8-15(9-11-16)13-18(24(40)34-17-5-2-1-3-6-17)25(41)36-20(14-21(37)38)26(42)35-19(23(30)39)7-4-12-33-27(31)32;3-2(4,5)1(6)7/h1-3,5-6,8-11,18-20H,4,7,12-14H2,(H3,28,29)(H2,30,39)(H,34,40)(H,35,42)(H,36,41)(H,37,38)(H4,31,32,33);(H,6,7)/t18?,19-,20-;/m0./s1. The van der Waals surface area contributed by atoms with E-state index in [0.717, 1.165) is 0 Å². The summed E-state index contributed by atoms with van der Waals surface area (Å²) in [6, 6.07) is 11.8. The van der Waals surface area contributed by atoms with Gasteiger partial charge in [-0.2, -0.15) is 13.2 Å². The smallest absolute Gasteiger partial charge is 0.481 e. The number of nitrogens with zero attached hydrogens (tertiary/aromatic N) is 1. The highest BCUT2D eigenvalue weighted by molar-refractivity contribution is 6.08. The van der Waals surface area contributed by atoms with Gasteiger partial charge in [-0.25, -0.2) is 4.79 Å². The molecular formula is C29H36F3N9O8. The molecule has 0 fully saturated rings. The molecule has 0 heterocycles. The number of carboxylic acids is 2. The van der Waals surface area contributed by atoms with Crippen LogP contribution in [0.25, 0.3) is 0 Å². The maximum absolute atomic E-state index is 13.4. The Balaban J connectivity index is 0.00000154. The van der Waals surface area contributed by atoms with Crippen molar-refractivity contribution in [2.45, 2.75) is 43.9 Å². The summed E-state index contributed by atoms with van der Waals surface area (Å²) < 4.78 is 31.7. The van der Waals surface area contributed by atoms with Crippen LogP contribution in [0.15, 0.2) is 59.6 Å². The van der Waals surface area contributed by atoms with Crippen LogP contribution in [0, 0.1) is 11.3 Å². The molecule has 0 spiro atoms. The van der Waals surface area contributed by atoms with Gasteiger partial charge in [0.2, 0.25) is 23.6 Å². The summed E-state index contributed by atoms with van der Waals surface area (Å²) in [5.41, 5.74) is 22.8. The number of carboxylic acid groups (broad SMARTS) is 2. The average Bonchev–Trinajstić information content (AvgIpc) is 3.00. The molecule has 0 radical (unpaired) electrons. The van der Waals surface area contributed by atoms with Gasteiger partial charge in [0.05, 0.1) is 6.42 Å². The molecule has 2 aromatic carbocycles. The summed E-state index contributed by atoms with van der Waals surface area (Å²) in [6.07, 6.45) is -5.73. The van der Waals surface area contributed by atoms with Gasteiger partial charge in [-0.3, -0.25) is 34.4 Å². The number of guanidine groups is 1. The second-order valence-electron chi connectivity index (χ2n) is 10.1. The molecule has 49 heavy (non-hydrogen) atoms. The van der Waals surface area contributed by atoms with Crippen LogP contribution in [0.2, 0.25) is 0 Å². The lowest BCUT2D eigenvalue weighted by atomic mass is 9.95. The molecule has 3 atom stereocenters. The van der Waals surface area contributed by atoms with Crippen molar-refractivity contribution in [2.24, 2.45) is 33.8 Å². The Labute approximate surface area is 276 Å². The van der Waals surface area contributed by atoms with Crippen molar-refractivity contribution < 1.29 is 52.2 Å². The monoisotopic (exact) mass is 695 g/mol. The van der Waals surface area contributed by atoms with Gasteiger partial charge in [-0.15, -0.1) is 0 Å². The first kappa shape index (κ1) is 40.8. The van der Waals surface area contributed by atoms with Gasteiger partial charge in [0.1, 0.15) is 23.8 Å². The first-order valence-electron chi connectivity index (χ1n) is 14.1. The fourth-order valence-electron chi connectivity index (χ4n) is 3.83. The topological polar surface area (TPSA) is 319 Å². The van der Waals surface area contributed by atoms with Gasteiger partial charge in [0.15, 0.2) is 5.96 Å². The summed E-state index contributed by atoms with van der Waals surface area (Å²) >= 11 is 0. The lowest BCUT2D eigenvalue weighted by molar-refractivity contribution is -0.192. The first-order valence-corrected chi connectivity index (χ1v) is 14.1. The van der Waals surface area contributed by atoms with Crippen molar-refractivity contribution >= 4 is 53.0 Å². The number of amidine groups is 1. The quantitative estimate of drug-likeness (QED) is 0.0457. The molecule has 2 aromatic rings. The van der Waals surface area contributed by atoms with Gasteiger partial charge in [-0.1, -0.05) is 42.5 Å². The number of primary amides is 1. The summed E-state index contributed by atoms with van der Waals surface area (Å²) in [4.78, 5) is 75.8. The van der Waals surface area contributed by atoms with Crippen LogP contribution in [0.1, 0.15) is 30.4 Å². The number of para-hydroxylation sites is 1. The highest BCUT2D eigenvalue weighted by atomic mass is 19.4. The van der Waals surface area contributed by atoms with E-state index in [1.807, 2.05) is 0 Å². The molecule has 0 aliphatic heterocycles. The van der Waals surface area contributed by atoms with Crippen LogP contribution in [-0.4, -0.2) is 82.4 Å². The van der Waals surface area contributed by atoms with Crippen LogP contribution in [-0.2, 0) is 35.2 Å². The molecule has 266 valence electrons. The molecule has 4 amide bonds. The van der Waals surface area contributed by atoms with Gasteiger partial charge in [0.25, 0.3) is 0 Å². The van der Waals surface area contributed by atoms with Crippen LogP contribution < -0.4 is 38.9 Å². The third-order valence-electron chi connectivity index (χ3n) is 6.24. The van der Waals surface area contributed by atoms with Crippen molar-refractivity contribution in [3.63, 3.8) is 0 Å². The zero-order chi connectivity index (χ0) is 37.3. The number of benzene rings is 2. The van der Waals surface area contributed by atoms with E-state index in [0.29, 0.717) is 16.8 Å². The molecule has 20 heteroatoms. The predicted molar refractivity (Wildman–Crippen MR) is 169 cm³/mol. The summed E-state index contributed by atoms with van der Waals surface area (Å²) in [6.45, 7) is 0.156. The maximum atomic E-state index is 13.4. The number of carbonyl (C=O) groups is 6. The van der Waals surface area contributed by atoms with E-state index in [-0.39, 0.29) is 37.6 Å². The van der Waals surface area contributed by atoms with E-state index >= 15 is 0 Å². The van der Waals surface area contributed by atoms with E-state index in [1.165, 1.54) is 0 Å². The molecule has 2 rings (SSSR count). The zero-order valence-corrected chi connectivity index (χ0v) is 25.7. The van der Waals surface area contributed by atoms with Gasteiger partial charge >= 0.3 is 18.1 Å². The number of amides is 4. The molecule has 0 aromatic heterocycles. The number of aliphatic imine (C=N–C) groups is 1. The Morgan fingerprint density at radius 1 is 0.816 bits per heavy atom. The minimum atomic E-state index is -5.08. The maximum Gasteiger partial charge on any atom is 0.490 e. The lowest BCUT2D eigenvalue weighted by Gasteiger charge is -2.23.